The Morgan fingerprint density at radius 2 is 2.09 bits per heavy atom. The highest BCUT2D eigenvalue weighted by Crippen LogP contribution is 2.22. The number of rotatable bonds is 3. The van der Waals surface area contributed by atoms with Crippen LogP contribution in [0.2, 0.25) is 0 Å². The van der Waals surface area contributed by atoms with E-state index in [0.717, 1.165) is 19.3 Å². The van der Waals surface area contributed by atoms with E-state index < -0.39 is 0 Å². The second-order valence-corrected chi connectivity index (χ2v) is 2.92. The molecule has 11 heavy (non-hydrogen) atoms. The fraction of sp³-hybridized carbons (Fsp3) is 0.750. The topological polar surface area (TPSA) is 43.4 Å². The number of ether oxygens (including phenoxy) is 1. The molecule has 0 radical (unpaired) electrons. The first-order chi connectivity index (χ1) is 5.18. The highest BCUT2D eigenvalue weighted by atomic mass is 16.5. The van der Waals surface area contributed by atoms with E-state index >= 15 is 0 Å². The Labute approximate surface area is 65.7 Å². The Hall–Kier alpha value is -0.860. The van der Waals surface area contributed by atoms with Gasteiger partial charge in [0.1, 0.15) is 18.3 Å². The molecule has 0 bridgehead atoms. The molecule has 0 spiro atoms. The quantitative estimate of drug-likeness (QED) is 0.453. The van der Waals surface area contributed by atoms with Crippen molar-refractivity contribution in [1.29, 1.82) is 0 Å². The van der Waals surface area contributed by atoms with Crippen molar-refractivity contribution in [3.63, 3.8) is 0 Å². The van der Waals surface area contributed by atoms with E-state index in [1.54, 1.807) is 0 Å². The normalized spacial score (nSPS) is 17.2. The Morgan fingerprint density at radius 3 is 2.45 bits per heavy atom. The lowest BCUT2D eigenvalue weighted by Gasteiger charge is -2.24. The summed E-state index contributed by atoms with van der Waals surface area (Å²) in [6, 6.07) is 0. The molecule has 0 amide bonds. The van der Waals surface area contributed by atoms with Crippen LogP contribution in [0.25, 0.3) is 0 Å². The lowest BCUT2D eigenvalue weighted by atomic mass is 9.96. The first kappa shape index (κ1) is 8.24. The van der Waals surface area contributed by atoms with Gasteiger partial charge in [0.2, 0.25) is 0 Å². The average Bonchev–Trinajstić information content (AvgIpc) is 1.77. The first-order valence-corrected chi connectivity index (χ1v) is 3.87. The molecule has 3 heteroatoms. The molecule has 0 N–H and O–H groups in total. The smallest absolute Gasteiger partial charge is 0.313 e. The van der Waals surface area contributed by atoms with Gasteiger partial charge in [-0.3, -0.25) is 9.59 Å². The summed E-state index contributed by atoms with van der Waals surface area (Å²) in [6.45, 7) is 1.39. The minimum absolute atomic E-state index is 0.0729. The molecular weight excluding hydrogens is 144 g/mol. The van der Waals surface area contributed by atoms with Crippen molar-refractivity contribution in [3.05, 3.63) is 0 Å². The highest BCUT2D eigenvalue weighted by molar-refractivity contribution is 5.94. The fourth-order valence-corrected chi connectivity index (χ4v) is 0.919. The molecule has 0 aromatic heterocycles. The van der Waals surface area contributed by atoms with Crippen molar-refractivity contribution >= 4 is 11.8 Å². The molecule has 1 aliphatic rings. The summed E-state index contributed by atoms with van der Waals surface area (Å²) in [4.78, 5) is 21.3. The number of carbonyl (C=O) groups excluding carboxylic acids is 2. The van der Waals surface area contributed by atoms with Crippen LogP contribution >= 0.6 is 0 Å². The Balaban J connectivity index is 2.14. The summed E-state index contributed by atoms with van der Waals surface area (Å²) < 4.78 is 4.94. The van der Waals surface area contributed by atoms with Crippen LogP contribution in [0.3, 0.4) is 0 Å². The second kappa shape index (κ2) is 3.51. The number of carbonyl (C=O) groups is 2. The monoisotopic (exact) mass is 156 g/mol. The standard InChI is InChI=1S/C8H12O3/c1-6(9)5-8(10)11-7-3-2-4-7/h7H,2-5H2,1H3. The summed E-state index contributed by atoms with van der Waals surface area (Å²) in [6.07, 6.45) is 3.09. The number of esters is 1. The Morgan fingerprint density at radius 1 is 1.45 bits per heavy atom. The third-order valence-corrected chi connectivity index (χ3v) is 1.74. The predicted molar refractivity (Wildman–Crippen MR) is 39.0 cm³/mol. The number of hydrogen-bond donors (Lipinski definition) is 0. The van der Waals surface area contributed by atoms with E-state index in [-0.39, 0.29) is 24.3 Å². The summed E-state index contributed by atoms with van der Waals surface area (Å²) in [5, 5.41) is 0. The van der Waals surface area contributed by atoms with Gasteiger partial charge in [0.15, 0.2) is 0 Å². The average molecular weight is 156 g/mol. The van der Waals surface area contributed by atoms with Crippen molar-refractivity contribution in [2.45, 2.75) is 38.7 Å². The van der Waals surface area contributed by atoms with Gasteiger partial charge in [-0.15, -0.1) is 0 Å². The molecule has 62 valence electrons. The first-order valence-electron chi connectivity index (χ1n) is 3.87. The molecule has 0 aliphatic heterocycles. The van der Waals surface area contributed by atoms with Crippen LogP contribution in [-0.2, 0) is 14.3 Å². The molecule has 1 saturated carbocycles. The SMILES string of the molecule is CC(=O)CC(=O)OC1CCC1. The molecule has 0 heterocycles. The maximum atomic E-state index is 10.8. The van der Waals surface area contributed by atoms with Crippen LogP contribution in [0.5, 0.6) is 0 Å². The van der Waals surface area contributed by atoms with Crippen LogP contribution < -0.4 is 0 Å². The molecule has 3 nitrogen and oxygen atoms in total. The Bertz CT molecular complexity index is 170. The van der Waals surface area contributed by atoms with Gasteiger partial charge >= 0.3 is 5.97 Å². The summed E-state index contributed by atoms with van der Waals surface area (Å²) in [7, 11) is 0. The van der Waals surface area contributed by atoms with E-state index in [1.165, 1.54) is 6.92 Å². The van der Waals surface area contributed by atoms with Crippen LogP contribution in [0, 0.1) is 0 Å². The largest absolute Gasteiger partial charge is 0.462 e. The molecule has 0 atom stereocenters. The van der Waals surface area contributed by atoms with Crippen LogP contribution in [0.4, 0.5) is 0 Å². The van der Waals surface area contributed by atoms with Crippen molar-refractivity contribution < 1.29 is 14.3 Å². The van der Waals surface area contributed by atoms with Gasteiger partial charge in [-0.25, -0.2) is 0 Å². The third-order valence-electron chi connectivity index (χ3n) is 1.74. The van der Waals surface area contributed by atoms with Crippen molar-refractivity contribution in [2.75, 3.05) is 0 Å². The van der Waals surface area contributed by atoms with Crippen LogP contribution in [0.1, 0.15) is 32.6 Å². The van der Waals surface area contributed by atoms with Gasteiger partial charge in [0.05, 0.1) is 0 Å². The van der Waals surface area contributed by atoms with E-state index in [9.17, 15) is 9.59 Å². The van der Waals surface area contributed by atoms with Crippen molar-refractivity contribution in [2.24, 2.45) is 0 Å². The minimum atomic E-state index is -0.373. The van der Waals surface area contributed by atoms with Gasteiger partial charge < -0.3 is 4.74 Å². The van der Waals surface area contributed by atoms with Gasteiger partial charge in [0.25, 0.3) is 0 Å². The summed E-state index contributed by atoms with van der Waals surface area (Å²) in [5.74, 6) is -0.503. The number of hydrogen-bond acceptors (Lipinski definition) is 3. The molecule has 0 saturated heterocycles. The van der Waals surface area contributed by atoms with Crippen molar-refractivity contribution in [3.8, 4) is 0 Å². The molecule has 1 aliphatic carbocycles. The van der Waals surface area contributed by atoms with E-state index in [4.69, 9.17) is 4.74 Å². The minimum Gasteiger partial charge on any atom is -0.462 e. The van der Waals surface area contributed by atoms with E-state index in [1.807, 2.05) is 0 Å². The molecule has 0 unspecified atom stereocenters. The van der Waals surface area contributed by atoms with Gasteiger partial charge in [-0.2, -0.15) is 0 Å². The molecular formula is C8H12O3. The van der Waals surface area contributed by atoms with Crippen LogP contribution in [0.15, 0.2) is 0 Å². The fourth-order valence-electron chi connectivity index (χ4n) is 0.919. The molecule has 0 aromatic rings. The third kappa shape index (κ3) is 2.70. The maximum Gasteiger partial charge on any atom is 0.313 e. The Kier molecular flexibility index (Phi) is 2.63. The number of Topliss-reactive ketones (excluding diaryl/α,β-unsaturated/α-hetero) is 1. The van der Waals surface area contributed by atoms with Gasteiger partial charge in [0, 0.05) is 0 Å². The maximum absolute atomic E-state index is 10.8. The lowest BCUT2D eigenvalue weighted by molar-refractivity contribution is -0.154. The highest BCUT2D eigenvalue weighted by Gasteiger charge is 2.21. The van der Waals surface area contributed by atoms with E-state index in [0.29, 0.717) is 0 Å². The van der Waals surface area contributed by atoms with Crippen molar-refractivity contribution in [1.82, 2.24) is 0 Å². The van der Waals surface area contributed by atoms with Gasteiger partial charge in [-0.1, -0.05) is 0 Å². The zero-order valence-corrected chi connectivity index (χ0v) is 6.63. The van der Waals surface area contributed by atoms with Gasteiger partial charge in [-0.05, 0) is 26.2 Å². The summed E-state index contributed by atoms with van der Waals surface area (Å²) in [5.41, 5.74) is 0. The van der Waals surface area contributed by atoms with Crippen LogP contribution in [-0.4, -0.2) is 17.9 Å². The molecule has 1 rings (SSSR count). The lowest BCUT2D eigenvalue weighted by Crippen LogP contribution is -2.25. The molecule has 1 fully saturated rings. The predicted octanol–water partition coefficient (Wildman–Crippen LogP) is 1.06. The van der Waals surface area contributed by atoms with E-state index in [2.05, 4.69) is 0 Å². The zero-order chi connectivity index (χ0) is 8.27. The molecule has 0 aromatic carbocycles. The second-order valence-electron chi connectivity index (χ2n) is 2.92. The summed E-state index contributed by atoms with van der Waals surface area (Å²) >= 11 is 0. The zero-order valence-electron chi connectivity index (χ0n) is 6.63. The number of ketones is 1.